The van der Waals surface area contributed by atoms with Crippen molar-refractivity contribution in [2.45, 2.75) is 240 Å². The van der Waals surface area contributed by atoms with Crippen LogP contribution in [0.2, 0.25) is 0 Å². The lowest BCUT2D eigenvalue weighted by Crippen LogP contribution is -2.29. The first-order valence-electron chi connectivity index (χ1n) is 23.5. The van der Waals surface area contributed by atoms with E-state index < -0.39 is 0 Å². The predicted octanol–water partition coefficient (Wildman–Crippen LogP) is 13.8. The quantitative estimate of drug-likeness (QED) is 0.0380. The summed E-state index contributed by atoms with van der Waals surface area (Å²) in [6, 6.07) is 0. The Kier molecular flexibility index (Phi) is 47.9. The third-order valence-electron chi connectivity index (χ3n) is 10.8. The number of unbranched alkanes of at least 4 members (excludes halogenated alkanes) is 22. The Bertz CT molecular complexity index is 704. The van der Waals surface area contributed by atoms with E-state index in [2.05, 4.69) is 39.5 Å². The highest BCUT2D eigenvalue weighted by Gasteiger charge is 2.19. The van der Waals surface area contributed by atoms with Gasteiger partial charge in [0.05, 0.1) is 25.7 Å². The summed E-state index contributed by atoms with van der Waals surface area (Å²) >= 11 is 0. The summed E-state index contributed by atoms with van der Waals surface area (Å²) < 4.78 is 10.4. The highest BCUT2D eigenvalue weighted by atomic mass is 16.5. The molecule has 0 aromatic heterocycles. The van der Waals surface area contributed by atoms with Crippen molar-refractivity contribution in [3.05, 3.63) is 0 Å². The average molecular weight is 754 g/mol. The van der Waals surface area contributed by atoms with Gasteiger partial charge in [-0.05, 0) is 57.5 Å². The summed E-state index contributed by atoms with van der Waals surface area (Å²) in [7, 11) is 0. The van der Waals surface area contributed by atoms with Crippen molar-refractivity contribution >= 4 is 12.4 Å². The summed E-state index contributed by atoms with van der Waals surface area (Å²) in [6.45, 7) is 16.0. The van der Waals surface area contributed by atoms with E-state index in [1.165, 1.54) is 128 Å². The molecule has 6 heteroatoms. The fraction of sp³-hybridized carbons (Fsp3) is 0.957. The number of esters is 1. The van der Waals surface area contributed by atoms with Gasteiger partial charge < -0.3 is 19.5 Å². The molecule has 318 valence electrons. The summed E-state index contributed by atoms with van der Waals surface area (Å²) in [4.78, 5) is 25.2. The maximum atomic E-state index is 12.7. The molecule has 1 N–H and O–H groups in total. The molecule has 2 atom stereocenters. The van der Waals surface area contributed by atoms with Crippen LogP contribution >= 0.6 is 0 Å². The van der Waals surface area contributed by atoms with Crippen LogP contribution in [-0.4, -0.2) is 61.9 Å². The second kappa shape index (κ2) is 47.0. The monoisotopic (exact) mass is 754 g/mol. The molecule has 0 amide bonds. The van der Waals surface area contributed by atoms with Crippen molar-refractivity contribution in [2.24, 2.45) is 11.8 Å². The minimum atomic E-state index is 0.0388. The van der Waals surface area contributed by atoms with Gasteiger partial charge >= 0.3 is 5.97 Å². The van der Waals surface area contributed by atoms with Crippen LogP contribution in [0.15, 0.2) is 0 Å². The van der Waals surface area contributed by atoms with E-state index in [1.807, 2.05) is 0 Å². The number of carbonyl (C=O) groups is 2. The van der Waals surface area contributed by atoms with Gasteiger partial charge in [0.15, 0.2) is 0 Å². The van der Waals surface area contributed by atoms with Crippen LogP contribution in [-0.2, 0) is 19.1 Å². The van der Waals surface area contributed by atoms with Crippen molar-refractivity contribution in [2.75, 3.05) is 39.5 Å². The lowest BCUT2D eigenvalue weighted by Gasteiger charge is -2.21. The van der Waals surface area contributed by atoms with Crippen LogP contribution in [0, 0.1) is 11.8 Å². The van der Waals surface area contributed by atoms with Crippen molar-refractivity contribution in [3.63, 3.8) is 0 Å². The zero-order chi connectivity index (χ0) is 39.3. The van der Waals surface area contributed by atoms with Crippen LogP contribution in [0.25, 0.3) is 0 Å². The van der Waals surface area contributed by atoms with Crippen LogP contribution in [0.1, 0.15) is 240 Å². The Morgan fingerprint density at radius 1 is 0.509 bits per heavy atom. The molecule has 0 aliphatic carbocycles. The number of rotatable bonds is 42. The molecule has 0 rings (SSSR count). The molecule has 53 heavy (non-hydrogen) atoms. The minimum Gasteiger partial charge on any atom is -0.468 e. The molecule has 0 saturated heterocycles. The van der Waals surface area contributed by atoms with Crippen molar-refractivity contribution in [1.82, 2.24) is 4.90 Å². The Morgan fingerprint density at radius 2 is 0.887 bits per heavy atom. The zero-order valence-electron chi connectivity index (χ0n) is 36.6. The van der Waals surface area contributed by atoms with Gasteiger partial charge in [-0.2, -0.15) is 0 Å². The lowest BCUT2D eigenvalue weighted by atomic mass is 9.94. The number of aliphatic hydroxyl groups is 1. The smallest absolute Gasteiger partial charge is 0.308 e. The standard InChI is InChI=1S/C31H61NO5.C16H34/c1-3-5-7-9-10-16-22-30(21-15-8-6-4-2)31(35)37-28-20-14-12-18-24-32(25-26-33)23-17-11-13-19-27-36-29-34;1-4-6-8-10-11-13-15-16(3)14-12-9-7-5-2/h29-30,33H,3-28H2,1-2H3;16H,4-15H2,1-3H3. The third kappa shape index (κ3) is 43.5. The molecule has 0 spiro atoms. The fourth-order valence-corrected chi connectivity index (χ4v) is 7.19. The van der Waals surface area contributed by atoms with Gasteiger partial charge in [-0.1, -0.05) is 202 Å². The van der Waals surface area contributed by atoms with Crippen molar-refractivity contribution in [1.29, 1.82) is 0 Å². The Balaban J connectivity index is 0. The minimum absolute atomic E-state index is 0.0388. The maximum Gasteiger partial charge on any atom is 0.308 e. The predicted molar refractivity (Wildman–Crippen MR) is 230 cm³/mol. The lowest BCUT2D eigenvalue weighted by molar-refractivity contribution is -0.149. The second-order valence-electron chi connectivity index (χ2n) is 16.1. The van der Waals surface area contributed by atoms with E-state index in [4.69, 9.17) is 9.47 Å². The Labute approximate surface area is 332 Å². The number of aliphatic hydroxyl groups excluding tert-OH is 1. The van der Waals surface area contributed by atoms with E-state index in [0.717, 1.165) is 103 Å². The summed E-state index contributed by atoms with van der Waals surface area (Å²) in [6.07, 6.45) is 40.2. The Hall–Kier alpha value is -1.14. The molecule has 0 bridgehead atoms. The van der Waals surface area contributed by atoms with Gasteiger partial charge in [0.1, 0.15) is 0 Å². The SMILES string of the molecule is CCCCCCCCC(C)CCCCCC.CCCCCCCCC(CCCCCC)C(=O)OCCCCCCN(CCO)CCCCCCOC=O. The molecule has 2 unspecified atom stereocenters. The van der Waals surface area contributed by atoms with Gasteiger partial charge in [0.25, 0.3) is 6.47 Å². The molecule has 0 aliphatic heterocycles. The first kappa shape index (κ1) is 54.0. The summed E-state index contributed by atoms with van der Waals surface area (Å²) in [5.41, 5.74) is 0. The van der Waals surface area contributed by atoms with E-state index >= 15 is 0 Å². The summed E-state index contributed by atoms with van der Waals surface area (Å²) in [5, 5.41) is 9.35. The Morgan fingerprint density at radius 3 is 1.34 bits per heavy atom. The van der Waals surface area contributed by atoms with E-state index in [1.54, 1.807) is 0 Å². The molecule has 0 aromatic rings. The molecular weight excluding hydrogens is 659 g/mol. The zero-order valence-corrected chi connectivity index (χ0v) is 36.6. The van der Waals surface area contributed by atoms with Gasteiger partial charge in [-0.3, -0.25) is 9.59 Å². The van der Waals surface area contributed by atoms with Gasteiger partial charge in [-0.25, -0.2) is 0 Å². The molecule has 0 aromatic carbocycles. The molecule has 0 fully saturated rings. The largest absolute Gasteiger partial charge is 0.468 e. The number of nitrogens with zero attached hydrogens (tertiary/aromatic N) is 1. The van der Waals surface area contributed by atoms with Crippen LogP contribution in [0.3, 0.4) is 0 Å². The maximum absolute atomic E-state index is 12.7. The normalized spacial score (nSPS) is 12.4. The molecule has 6 nitrogen and oxygen atoms in total. The molecule has 0 aliphatic rings. The van der Waals surface area contributed by atoms with Crippen LogP contribution in [0.5, 0.6) is 0 Å². The van der Waals surface area contributed by atoms with Crippen molar-refractivity contribution < 1.29 is 24.2 Å². The van der Waals surface area contributed by atoms with Crippen LogP contribution in [0.4, 0.5) is 0 Å². The highest BCUT2D eigenvalue weighted by Crippen LogP contribution is 2.21. The number of ether oxygens (including phenoxy) is 2. The van der Waals surface area contributed by atoms with Gasteiger partial charge in [0, 0.05) is 6.54 Å². The summed E-state index contributed by atoms with van der Waals surface area (Å²) in [5.74, 6) is 1.10. The fourth-order valence-electron chi connectivity index (χ4n) is 7.19. The first-order chi connectivity index (χ1) is 26.0. The molecule has 0 radical (unpaired) electrons. The number of carbonyl (C=O) groups excluding carboxylic acids is 2. The van der Waals surface area contributed by atoms with E-state index in [-0.39, 0.29) is 18.5 Å². The van der Waals surface area contributed by atoms with Gasteiger partial charge in [0.2, 0.25) is 0 Å². The molecule has 0 heterocycles. The average Bonchev–Trinajstić information content (AvgIpc) is 3.16. The topological polar surface area (TPSA) is 76.1 Å². The third-order valence-corrected chi connectivity index (χ3v) is 10.8. The first-order valence-corrected chi connectivity index (χ1v) is 23.5. The van der Waals surface area contributed by atoms with E-state index in [0.29, 0.717) is 19.7 Å². The van der Waals surface area contributed by atoms with Crippen molar-refractivity contribution in [3.8, 4) is 0 Å². The number of hydrogen-bond donors (Lipinski definition) is 1. The molecular formula is C47H95NO5. The van der Waals surface area contributed by atoms with Gasteiger partial charge in [-0.15, -0.1) is 0 Å². The second-order valence-corrected chi connectivity index (χ2v) is 16.1. The van der Waals surface area contributed by atoms with E-state index in [9.17, 15) is 14.7 Å². The van der Waals surface area contributed by atoms with Crippen LogP contribution < -0.4 is 0 Å². The number of hydrogen-bond acceptors (Lipinski definition) is 6. The highest BCUT2D eigenvalue weighted by molar-refractivity contribution is 5.72. The molecule has 0 saturated carbocycles.